The van der Waals surface area contributed by atoms with Crippen molar-refractivity contribution < 1.29 is 22.8 Å². The molecule has 1 fully saturated rings. The van der Waals surface area contributed by atoms with E-state index < -0.39 is 23.1 Å². The number of amides is 3. The van der Waals surface area contributed by atoms with E-state index in [2.05, 4.69) is 16.3 Å². The van der Waals surface area contributed by atoms with Crippen molar-refractivity contribution in [3.05, 3.63) is 82.3 Å². The van der Waals surface area contributed by atoms with Gasteiger partial charge in [-0.05, 0) is 81.2 Å². The number of likely N-dealkylation sites (N-methyl/N-ethyl adjacent to an activating group) is 1. The van der Waals surface area contributed by atoms with Crippen molar-refractivity contribution in [1.82, 2.24) is 20.0 Å². The number of rotatable bonds is 7. The Morgan fingerprint density at radius 3 is 2.33 bits per heavy atom. The van der Waals surface area contributed by atoms with Gasteiger partial charge in [-0.2, -0.15) is 5.26 Å². The number of nitriles is 1. The minimum absolute atomic E-state index is 0. The number of benzene rings is 2. The molecule has 214 valence electrons. The zero-order valence-electron chi connectivity index (χ0n) is 22.7. The predicted molar refractivity (Wildman–Crippen MR) is 147 cm³/mol. The van der Waals surface area contributed by atoms with Gasteiger partial charge in [-0.3, -0.25) is 4.79 Å². The van der Waals surface area contributed by atoms with Crippen molar-refractivity contribution in [3.63, 3.8) is 0 Å². The largest absolute Gasteiger partial charge is 0.352 e. The molecule has 0 aromatic heterocycles. The van der Waals surface area contributed by atoms with Crippen LogP contribution in [0.2, 0.25) is 0 Å². The van der Waals surface area contributed by atoms with Crippen LogP contribution < -0.4 is 5.32 Å². The molecule has 1 atom stereocenters. The van der Waals surface area contributed by atoms with Crippen LogP contribution in [-0.2, 0) is 10.2 Å². The Hall–Kier alpha value is -3.55. The van der Waals surface area contributed by atoms with Gasteiger partial charge in [-0.15, -0.1) is 12.4 Å². The predicted octanol–water partition coefficient (Wildman–Crippen LogP) is 4.90. The monoisotopic (exact) mass is 575 g/mol. The first-order chi connectivity index (χ1) is 18.6. The van der Waals surface area contributed by atoms with Gasteiger partial charge in [-0.25, -0.2) is 18.0 Å². The van der Waals surface area contributed by atoms with Gasteiger partial charge >= 0.3 is 6.03 Å². The number of hydrogen-bond donors (Lipinski definition) is 1. The normalized spacial score (nSPS) is 19.2. The average Bonchev–Trinajstić information content (AvgIpc) is 2.94. The van der Waals surface area contributed by atoms with Crippen molar-refractivity contribution in [2.45, 2.75) is 37.6 Å². The van der Waals surface area contributed by atoms with Crippen molar-refractivity contribution in [2.24, 2.45) is 0 Å². The number of nitrogens with zero attached hydrogens (tertiary/aromatic N) is 4. The molecule has 2 heterocycles. The molecule has 1 saturated heterocycles. The molecule has 2 aromatic carbocycles. The SMILES string of the molecule is CC1=C(C(=O)NCCCN2CCC(C#N)(c3ccc(F)cc3)CC2)[C@H](c2ccc(F)c(F)c2)N(C)C(=O)N1C.Cl. The van der Waals surface area contributed by atoms with Gasteiger partial charge in [0.15, 0.2) is 11.6 Å². The molecule has 0 unspecified atom stereocenters. The number of carbonyl (C=O) groups is 2. The second-order valence-corrected chi connectivity index (χ2v) is 10.2. The van der Waals surface area contributed by atoms with E-state index in [1.165, 1.54) is 35.0 Å². The molecule has 40 heavy (non-hydrogen) atoms. The summed E-state index contributed by atoms with van der Waals surface area (Å²) in [5.74, 6) is -2.76. The van der Waals surface area contributed by atoms with E-state index in [-0.39, 0.29) is 30.2 Å². The van der Waals surface area contributed by atoms with Crippen LogP contribution >= 0.6 is 12.4 Å². The van der Waals surface area contributed by atoms with Gasteiger partial charge in [0.1, 0.15) is 5.82 Å². The van der Waals surface area contributed by atoms with E-state index in [1.54, 1.807) is 26.1 Å². The molecule has 0 radical (unpaired) electrons. The number of likely N-dealkylation sites (tertiary alicyclic amines) is 1. The van der Waals surface area contributed by atoms with Gasteiger partial charge in [0.25, 0.3) is 5.91 Å². The first-order valence-electron chi connectivity index (χ1n) is 12.9. The molecular formula is C29H33ClF3N5O2. The second kappa shape index (κ2) is 12.7. The maximum atomic E-state index is 14.0. The molecule has 1 N–H and O–H groups in total. The summed E-state index contributed by atoms with van der Waals surface area (Å²) in [6, 6.07) is 10.7. The topological polar surface area (TPSA) is 79.7 Å². The summed E-state index contributed by atoms with van der Waals surface area (Å²) in [6.07, 6.45) is 1.93. The maximum absolute atomic E-state index is 14.0. The Labute approximate surface area is 238 Å². The van der Waals surface area contributed by atoms with Crippen LogP contribution in [0.15, 0.2) is 53.7 Å². The number of urea groups is 1. The Morgan fingerprint density at radius 1 is 1.07 bits per heavy atom. The van der Waals surface area contributed by atoms with Crippen LogP contribution in [0, 0.1) is 28.8 Å². The fraction of sp³-hybridized carbons (Fsp3) is 0.414. The summed E-state index contributed by atoms with van der Waals surface area (Å²) in [5, 5.41) is 12.8. The first kappa shape index (κ1) is 31.0. The summed E-state index contributed by atoms with van der Waals surface area (Å²) < 4.78 is 40.9. The summed E-state index contributed by atoms with van der Waals surface area (Å²) in [5.41, 5.74) is 1.24. The smallest absolute Gasteiger partial charge is 0.324 e. The molecule has 7 nitrogen and oxygen atoms in total. The maximum Gasteiger partial charge on any atom is 0.324 e. The number of allylic oxidation sites excluding steroid dienone is 1. The summed E-state index contributed by atoms with van der Waals surface area (Å²) >= 11 is 0. The van der Waals surface area contributed by atoms with E-state index >= 15 is 0 Å². The van der Waals surface area contributed by atoms with Crippen LogP contribution in [0.25, 0.3) is 0 Å². The zero-order chi connectivity index (χ0) is 28.3. The summed E-state index contributed by atoms with van der Waals surface area (Å²) in [6.45, 7) is 4.16. The molecule has 2 aliphatic heterocycles. The van der Waals surface area contributed by atoms with E-state index in [4.69, 9.17) is 0 Å². The molecule has 11 heteroatoms. The van der Waals surface area contributed by atoms with E-state index in [0.717, 1.165) is 17.7 Å². The van der Waals surface area contributed by atoms with Crippen molar-refractivity contribution in [3.8, 4) is 6.07 Å². The Morgan fingerprint density at radius 2 is 1.73 bits per heavy atom. The van der Waals surface area contributed by atoms with Crippen LogP contribution in [-0.4, -0.2) is 66.9 Å². The van der Waals surface area contributed by atoms with E-state index in [1.807, 2.05) is 0 Å². The highest BCUT2D eigenvalue weighted by atomic mass is 35.5. The lowest BCUT2D eigenvalue weighted by molar-refractivity contribution is -0.118. The van der Waals surface area contributed by atoms with Crippen LogP contribution in [0.4, 0.5) is 18.0 Å². The number of halogens is 4. The third-order valence-corrected chi connectivity index (χ3v) is 7.90. The number of hydrogen-bond acceptors (Lipinski definition) is 4. The third kappa shape index (κ3) is 6.11. The molecule has 0 spiro atoms. The molecular weight excluding hydrogens is 543 g/mol. The molecule has 2 aliphatic rings. The van der Waals surface area contributed by atoms with Crippen molar-refractivity contribution in [1.29, 1.82) is 5.26 Å². The first-order valence-corrected chi connectivity index (χ1v) is 12.9. The molecule has 0 aliphatic carbocycles. The quantitative estimate of drug-likeness (QED) is 0.476. The summed E-state index contributed by atoms with van der Waals surface area (Å²) in [4.78, 5) is 31.0. The van der Waals surface area contributed by atoms with Gasteiger partial charge in [0.05, 0.1) is 23.1 Å². The highest BCUT2D eigenvalue weighted by Crippen LogP contribution is 2.37. The van der Waals surface area contributed by atoms with Crippen molar-refractivity contribution >= 4 is 24.3 Å². The highest BCUT2D eigenvalue weighted by molar-refractivity contribution is 5.98. The van der Waals surface area contributed by atoms with Gasteiger partial charge < -0.3 is 20.0 Å². The molecule has 4 rings (SSSR count). The summed E-state index contributed by atoms with van der Waals surface area (Å²) in [7, 11) is 3.08. The second-order valence-electron chi connectivity index (χ2n) is 10.2. The molecule has 0 bridgehead atoms. The van der Waals surface area contributed by atoms with Crippen LogP contribution in [0.5, 0.6) is 0 Å². The Kier molecular flexibility index (Phi) is 9.87. The van der Waals surface area contributed by atoms with Gasteiger partial charge in [0.2, 0.25) is 0 Å². The van der Waals surface area contributed by atoms with Gasteiger partial charge in [0, 0.05) is 26.3 Å². The molecule has 3 amide bonds. The lowest BCUT2D eigenvalue weighted by Gasteiger charge is -2.40. The zero-order valence-corrected chi connectivity index (χ0v) is 23.5. The van der Waals surface area contributed by atoms with E-state index in [0.29, 0.717) is 62.3 Å². The number of nitrogens with one attached hydrogen (secondary N) is 1. The fourth-order valence-corrected chi connectivity index (χ4v) is 5.42. The van der Waals surface area contributed by atoms with Crippen LogP contribution in [0.3, 0.4) is 0 Å². The highest BCUT2D eigenvalue weighted by Gasteiger charge is 2.39. The molecule has 2 aromatic rings. The lowest BCUT2D eigenvalue weighted by Crippen LogP contribution is -2.48. The minimum atomic E-state index is -1.05. The third-order valence-electron chi connectivity index (χ3n) is 7.90. The Balaban J connectivity index is 0.00000441. The van der Waals surface area contributed by atoms with Crippen LogP contribution in [0.1, 0.15) is 43.4 Å². The van der Waals surface area contributed by atoms with Crippen molar-refractivity contribution in [2.75, 3.05) is 40.3 Å². The Bertz CT molecular complexity index is 1320. The van der Waals surface area contributed by atoms with E-state index in [9.17, 15) is 28.0 Å². The number of piperidine rings is 1. The number of carbonyl (C=O) groups excluding carboxylic acids is 2. The minimum Gasteiger partial charge on any atom is -0.352 e. The standard InChI is InChI=1S/C29H32F3N5O2.ClH/c1-19-25(26(36(3)28(39)35(19)2)20-5-10-23(31)24(32)17-20)27(38)34-13-4-14-37-15-11-29(18-33,12-16-37)21-6-8-22(30)9-7-21;/h5-10,17,26H,4,11-16H2,1-3H3,(H,34,38);1H/t26-;/m0./s1. The fourth-order valence-electron chi connectivity index (χ4n) is 5.42. The van der Waals surface area contributed by atoms with Gasteiger partial charge in [-0.1, -0.05) is 18.2 Å². The lowest BCUT2D eigenvalue weighted by atomic mass is 9.74. The molecule has 0 saturated carbocycles. The average molecular weight is 576 g/mol.